The number of rotatable bonds is 4. The fraction of sp³-hybridized carbons (Fsp3) is 0.429. The predicted molar refractivity (Wildman–Crippen MR) is 77.1 cm³/mol. The van der Waals surface area contributed by atoms with Crippen LogP contribution in [0, 0.1) is 5.92 Å². The van der Waals surface area contributed by atoms with Crippen LogP contribution in [-0.2, 0) is 11.3 Å². The molecule has 3 amide bonds. The molecule has 1 atom stereocenters. The lowest BCUT2D eigenvalue weighted by molar-refractivity contribution is -0.120. The van der Waals surface area contributed by atoms with E-state index in [0.717, 1.165) is 37.2 Å². The summed E-state index contributed by atoms with van der Waals surface area (Å²) >= 11 is 0. The van der Waals surface area contributed by atoms with Crippen LogP contribution in [0.5, 0.6) is 0 Å². The Bertz CT molecular complexity index is 467. The minimum atomic E-state index is -0.549. The van der Waals surface area contributed by atoms with Gasteiger partial charge in [-0.2, -0.15) is 0 Å². The van der Waals surface area contributed by atoms with E-state index in [9.17, 15) is 9.59 Å². The zero-order valence-electron chi connectivity index (χ0n) is 11.3. The van der Waals surface area contributed by atoms with E-state index >= 15 is 0 Å². The Morgan fingerprint density at radius 1 is 1.30 bits per heavy atom. The molecule has 1 unspecified atom stereocenters. The van der Waals surface area contributed by atoms with E-state index in [2.05, 4.69) is 16.0 Å². The van der Waals surface area contributed by atoms with E-state index in [4.69, 9.17) is 5.73 Å². The van der Waals surface area contributed by atoms with Gasteiger partial charge in [-0.25, -0.2) is 4.79 Å². The summed E-state index contributed by atoms with van der Waals surface area (Å²) in [6.07, 6.45) is 1.97. The van der Waals surface area contributed by atoms with Gasteiger partial charge in [0.25, 0.3) is 0 Å². The van der Waals surface area contributed by atoms with Crippen LogP contribution in [-0.4, -0.2) is 25.0 Å². The highest BCUT2D eigenvalue weighted by Crippen LogP contribution is 2.15. The van der Waals surface area contributed by atoms with Crippen LogP contribution in [0.4, 0.5) is 10.5 Å². The van der Waals surface area contributed by atoms with Gasteiger partial charge in [0.15, 0.2) is 0 Å². The van der Waals surface area contributed by atoms with E-state index in [0.29, 0.717) is 6.54 Å². The van der Waals surface area contributed by atoms with Crippen LogP contribution in [0.3, 0.4) is 0 Å². The smallest absolute Gasteiger partial charge is 0.312 e. The van der Waals surface area contributed by atoms with Crippen molar-refractivity contribution in [1.82, 2.24) is 10.6 Å². The number of carbonyl (C=O) groups is 2. The average molecular weight is 276 g/mol. The Morgan fingerprint density at radius 2 is 2.05 bits per heavy atom. The highest BCUT2D eigenvalue weighted by Gasteiger charge is 2.20. The number of carbonyl (C=O) groups excluding carboxylic acids is 2. The Balaban J connectivity index is 1.86. The van der Waals surface area contributed by atoms with Gasteiger partial charge in [0.05, 0.1) is 5.92 Å². The van der Waals surface area contributed by atoms with Gasteiger partial charge in [-0.05, 0) is 37.1 Å². The number of benzene rings is 1. The summed E-state index contributed by atoms with van der Waals surface area (Å²) in [4.78, 5) is 22.7. The normalized spacial score (nSPS) is 18.3. The maximum atomic E-state index is 12.0. The van der Waals surface area contributed by atoms with Gasteiger partial charge in [-0.3, -0.25) is 4.79 Å². The molecule has 6 heteroatoms. The van der Waals surface area contributed by atoms with Gasteiger partial charge in [0.1, 0.15) is 0 Å². The third kappa shape index (κ3) is 4.24. The fourth-order valence-electron chi connectivity index (χ4n) is 2.22. The van der Waals surface area contributed by atoms with Crippen LogP contribution in [0.2, 0.25) is 0 Å². The van der Waals surface area contributed by atoms with Gasteiger partial charge in [-0.15, -0.1) is 0 Å². The lowest BCUT2D eigenvalue weighted by atomic mass is 9.99. The average Bonchev–Trinajstić information content (AvgIpc) is 2.47. The maximum absolute atomic E-state index is 12.0. The maximum Gasteiger partial charge on any atom is 0.312 e. The molecule has 0 spiro atoms. The summed E-state index contributed by atoms with van der Waals surface area (Å²) in [5.41, 5.74) is 6.70. The Hall–Kier alpha value is -2.08. The van der Waals surface area contributed by atoms with Crippen LogP contribution in [0.25, 0.3) is 0 Å². The molecule has 1 aliphatic heterocycles. The standard InChI is InChI=1S/C14H20N4O2/c15-14(20)17-8-10-3-5-12(6-4-10)18-13(19)11-2-1-7-16-9-11/h3-6,11,16H,1-2,7-9H2,(H,18,19)(H3,15,17,20). The Morgan fingerprint density at radius 3 is 2.65 bits per heavy atom. The first-order valence-electron chi connectivity index (χ1n) is 6.79. The molecule has 0 bridgehead atoms. The lowest BCUT2D eigenvalue weighted by Crippen LogP contribution is -2.37. The molecule has 0 aliphatic carbocycles. The third-order valence-corrected chi connectivity index (χ3v) is 3.36. The molecule has 1 fully saturated rings. The molecule has 108 valence electrons. The van der Waals surface area contributed by atoms with Crippen molar-refractivity contribution in [3.63, 3.8) is 0 Å². The van der Waals surface area contributed by atoms with Crippen molar-refractivity contribution >= 4 is 17.6 Å². The highest BCUT2D eigenvalue weighted by atomic mass is 16.2. The molecule has 1 saturated heterocycles. The lowest BCUT2D eigenvalue weighted by Gasteiger charge is -2.21. The minimum absolute atomic E-state index is 0.0416. The summed E-state index contributed by atoms with van der Waals surface area (Å²) in [5.74, 6) is 0.0974. The molecule has 1 aliphatic rings. The Labute approximate surface area is 118 Å². The second-order valence-corrected chi connectivity index (χ2v) is 4.95. The van der Waals surface area contributed by atoms with E-state index in [-0.39, 0.29) is 11.8 Å². The number of hydrogen-bond donors (Lipinski definition) is 4. The topological polar surface area (TPSA) is 96.2 Å². The van der Waals surface area contributed by atoms with Crippen molar-refractivity contribution < 1.29 is 9.59 Å². The number of anilines is 1. The first kappa shape index (κ1) is 14.3. The largest absolute Gasteiger partial charge is 0.352 e. The van der Waals surface area contributed by atoms with Crippen molar-refractivity contribution in [3.8, 4) is 0 Å². The number of urea groups is 1. The zero-order valence-corrected chi connectivity index (χ0v) is 11.3. The molecule has 0 aromatic heterocycles. The van der Waals surface area contributed by atoms with Crippen molar-refractivity contribution in [2.75, 3.05) is 18.4 Å². The third-order valence-electron chi connectivity index (χ3n) is 3.36. The highest BCUT2D eigenvalue weighted by molar-refractivity contribution is 5.92. The molecule has 1 heterocycles. The molecule has 5 N–H and O–H groups in total. The van der Waals surface area contributed by atoms with Crippen LogP contribution >= 0.6 is 0 Å². The number of nitrogens with two attached hydrogens (primary N) is 1. The minimum Gasteiger partial charge on any atom is -0.352 e. The van der Waals surface area contributed by atoms with E-state index < -0.39 is 6.03 Å². The molecule has 0 radical (unpaired) electrons. The molecule has 0 saturated carbocycles. The number of hydrogen-bond acceptors (Lipinski definition) is 3. The SMILES string of the molecule is NC(=O)NCc1ccc(NC(=O)C2CCCNC2)cc1. The Kier molecular flexibility index (Phi) is 4.95. The van der Waals surface area contributed by atoms with Crippen LogP contribution in [0.1, 0.15) is 18.4 Å². The second-order valence-electron chi connectivity index (χ2n) is 4.95. The molecular weight excluding hydrogens is 256 g/mol. The fourth-order valence-corrected chi connectivity index (χ4v) is 2.22. The van der Waals surface area contributed by atoms with Crippen molar-refractivity contribution in [2.24, 2.45) is 11.7 Å². The van der Waals surface area contributed by atoms with E-state index in [1.165, 1.54) is 0 Å². The predicted octanol–water partition coefficient (Wildman–Crippen LogP) is 0.793. The summed E-state index contributed by atoms with van der Waals surface area (Å²) in [6.45, 7) is 2.12. The molecule has 1 aromatic rings. The van der Waals surface area contributed by atoms with Crippen molar-refractivity contribution in [1.29, 1.82) is 0 Å². The summed E-state index contributed by atoms with van der Waals surface area (Å²) < 4.78 is 0. The molecule has 2 rings (SSSR count). The quantitative estimate of drug-likeness (QED) is 0.654. The number of primary amides is 1. The summed E-state index contributed by atoms with van der Waals surface area (Å²) in [5, 5.41) is 8.65. The van der Waals surface area contributed by atoms with Crippen LogP contribution < -0.4 is 21.7 Å². The first-order valence-corrected chi connectivity index (χ1v) is 6.79. The van der Waals surface area contributed by atoms with Gasteiger partial charge in [-0.1, -0.05) is 12.1 Å². The van der Waals surface area contributed by atoms with Gasteiger partial charge in [0, 0.05) is 18.8 Å². The molecule has 1 aromatic carbocycles. The van der Waals surface area contributed by atoms with Crippen LogP contribution in [0.15, 0.2) is 24.3 Å². The van der Waals surface area contributed by atoms with Gasteiger partial charge in [0.2, 0.25) is 5.91 Å². The monoisotopic (exact) mass is 276 g/mol. The number of nitrogens with one attached hydrogen (secondary N) is 3. The molecular formula is C14H20N4O2. The number of piperidine rings is 1. The van der Waals surface area contributed by atoms with Crippen molar-refractivity contribution in [2.45, 2.75) is 19.4 Å². The number of amides is 3. The summed E-state index contributed by atoms with van der Waals surface area (Å²) in [6, 6.07) is 6.81. The van der Waals surface area contributed by atoms with Gasteiger partial charge < -0.3 is 21.7 Å². The summed E-state index contributed by atoms with van der Waals surface area (Å²) in [7, 11) is 0. The first-order chi connectivity index (χ1) is 9.65. The van der Waals surface area contributed by atoms with Gasteiger partial charge >= 0.3 is 6.03 Å². The van der Waals surface area contributed by atoms with E-state index in [1.807, 2.05) is 24.3 Å². The molecule has 6 nitrogen and oxygen atoms in total. The van der Waals surface area contributed by atoms with Crippen molar-refractivity contribution in [3.05, 3.63) is 29.8 Å². The second kappa shape index (κ2) is 6.91. The zero-order chi connectivity index (χ0) is 14.4. The molecule has 20 heavy (non-hydrogen) atoms. The van der Waals surface area contributed by atoms with E-state index in [1.54, 1.807) is 0 Å².